The van der Waals surface area contributed by atoms with Gasteiger partial charge in [-0.05, 0) is 50.6 Å². The molecule has 0 fully saturated rings. The highest BCUT2D eigenvalue weighted by Gasteiger charge is 2.16. The van der Waals surface area contributed by atoms with Gasteiger partial charge in [-0.15, -0.1) is 0 Å². The quantitative estimate of drug-likeness (QED) is 0.620. The summed E-state index contributed by atoms with van der Waals surface area (Å²) >= 11 is 0. The Morgan fingerprint density at radius 1 is 1.17 bits per heavy atom. The van der Waals surface area contributed by atoms with E-state index in [1.165, 1.54) is 0 Å². The zero-order valence-electron chi connectivity index (χ0n) is 17.3. The third-order valence-electron chi connectivity index (χ3n) is 4.78. The van der Waals surface area contributed by atoms with E-state index in [0.29, 0.717) is 23.7 Å². The fourth-order valence-corrected chi connectivity index (χ4v) is 3.18. The lowest BCUT2D eigenvalue weighted by atomic mass is 10.1. The summed E-state index contributed by atoms with van der Waals surface area (Å²) in [5.74, 6) is 1.22. The van der Waals surface area contributed by atoms with Crippen LogP contribution in [-0.4, -0.2) is 22.8 Å². The summed E-state index contributed by atoms with van der Waals surface area (Å²) in [6.07, 6.45) is 1.98. The fourth-order valence-electron chi connectivity index (χ4n) is 3.18. The maximum Gasteiger partial charge on any atom is 0.251 e. The number of nitrogens with one attached hydrogen (secondary N) is 1. The average Bonchev–Trinajstić information content (AvgIpc) is 3.13. The third kappa shape index (κ3) is 4.96. The highest BCUT2D eigenvalue weighted by atomic mass is 16.5. The molecule has 0 saturated heterocycles. The molecule has 1 amide bonds. The van der Waals surface area contributed by atoms with Gasteiger partial charge in [-0.25, -0.2) is 0 Å². The Kier molecular flexibility index (Phi) is 6.54. The van der Waals surface area contributed by atoms with Crippen molar-refractivity contribution < 1.29 is 14.3 Å². The smallest absolute Gasteiger partial charge is 0.251 e. The van der Waals surface area contributed by atoms with Crippen molar-refractivity contribution in [3.63, 3.8) is 0 Å². The van der Waals surface area contributed by atoms with Crippen LogP contribution in [0.1, 0.15) is 47.1 Å². The van der Waals surface area contributed by atoms with E-state index in [4.69, 9.17) is 9.47 Å². The molecule has 1 unspecified atom stereocenters. The highest BCUT2D eigenvalue weighted by molar-refractivity contribution is 5.94. The first-order valence-electron chi connectivity index (χ1n) is 9.71. The van der Waals surface area contributed by atoms with Gasteiger partial charge in [-0.1, -0.05) is 24.3 Å². The van der Waals surface area contributed by atoms with Gasteiger partial charge in [-0.3, -0.25) is 9.48 Å². The van der Waals surface area contributed by atoms with Crippen molar-refractivity contribution in [2.45, 2.75) is 40.0 Å². The van der Waals surface area contributed by atoms with Crippen LogP contribution in [0.5, 0.6) is 11.5 Å². The van der Waals surface area contributed by atoms with E-state index in [9.17, 15) is 4.79 Å². The minimum atomic E-state index is -0.128. The molecule has 3 rings (SSSR count). The molecular formula is C23H27N3O3. The predicted octanol–water partition coefficient (Wildman–Crippen LogP) is 4.29. The Balaban J connectivity index is 1.66. The number of hydrogen-bond acceptors (Lipinski definition) is 4. The van der Waals surface area contributed by atoms with Crippen molar-refractivity contribution in [3.8, 4) is 11.5 Å². The molecule has 0 aliphatic carbocycles. The van der Waals surface area contributed by atoms with Gasteiger partial charge in [0.05, 0.1) is 18.8 Å². The largest absolute Gasteiger partial charge is 0.493 e. The van der Waals surface area contributed by atoms with Crippen molar-refractivity contribution >= 4 is 5.91 Å². The maximum absolute atomic E-state index is 12.7. The summed E-state index contributed by atoms with van der Waals surface area (Å²) in [5.41, 5.74) is 3.46. The molecular weight excluding hydrogens is 366 g/mol. The molecule has 6 nitrogen and oxygen atoms in total. The monoisotopic (exact) mass is 393 g/mol. The van der Waals surface area contributed by atoms with Crippen LogP contribution in [0.4, 0.5) is 0 Å². The lowest BCUT2D eigenvalue weighted by Crippen LogP contribution is -2.27. The zero-order chi connectivity index (χ0) is 20.8. The number of benzene rings is 2. The summed E-state index contributed by atoms with van der Waals surface area (Å²) in [4.78, 5) is 12.7. The first kappa shape index (κ1) is 20.5. The second-order valence-corrected chi connectivity index (χ2v) is 6.86. The number of methoxy groups -OCH3 is 1. The van der Waals surface area contributed by atoms with E-state index in [0.717, 1.165) is 23.4 Å². The van der Waals surface area contributed by atoms with Gasteiger partial charge in [0.2, 0.25) is 0 Å². The molecule has 1 aromatic heterocycles. The molecule has 152 valence electrons. The molecule has 6 heteroatoms. The number of carbonyl (C=O) groups is 1. The number of carbonyl (C=O) groups excluding carboxylic acids is 1. The van der Waals surface area contributed by atoms with Gasteiger partial charge in [0.15, 0.2) is 11.5 Å². The summed E-state index contributed by atoms with van der Waals surface area (Å²) in [5, 5.41) is 7.51. The molecule has 1 N–H and O–H groups in total. The van der Waals surface area contributed by atoms with Crippen LogP contribution in [0.3, 0.4) is 0 Å². The highest BCUT2D eigenvalue weighted by Crippen LogP contribution is 2.26. The van der Waals surface area contributed by atoms with Crippen molar-refractivity contribution in [1.82, 2.24) is 15.1 Å². The number of hydrogen-bond donors (Lipinski definition) is 1. The fraction of sp³-hybridized carbons (Fsp3) is 0.304. The van der Waals surface area contributed by atoms with E-state index >= 15 is 0 Å². The van der Waals surface area contributed by atoms with Gasteiger partial charge in [-0.2, -0.15) is 5.10 Å². The van der Waals surface area contributed by atoms with E-state index in [1.54, 1.807) is 13.2 Å². The molecule has 0 saturated carbocycles. The van der Waals surface area contributed by atoms with Crippen LogP contribution < -0.4 is 14.8 Å². The summed E-state index contributed by atoms with van der Waals surface area (Å²) in [7, 11) is 1.61. The number of para-hydroxylation sites is 2. The molecule has 0 bridgehead atoms. The van der Waals surface area contributed by atoms with Crippen molar-refractivity contribution in [1.29, 1.82) is 0 Å². The second kappa shape index (κ2) is 9.28. The molecule has 1 atom stereocenters. The van der Waals surface area contributed by atoms with Gasteiger partial charge < -0.3 is 14.8 Å². The van der Waals surface area contributed by atoms with Crippen LogP contribution >= 0.6 is 0 Å². The van der Waals surface area contributed by atoms with Crippen LogP contribution in [0.2, 0.25) is 0 Å². The van der Waals surface area contributed by atoms with Crippen molar-refractivity contribution in [2.75, 3.05) is 7.11 Å². The predicted molar refractivity (Wildman–Crippen MR) is 112 cm³/mol. The zero-order valence-corrected chi connectivity index (χ0v) is 17.3. The van der Waals surface area contributed by atoms with Crippen LogP contribution in [0, 0.1) is 6.92 Å². The Morgan fingerprint density at radius 3 is 2.62 bits per heavy atom. The molecule has 1 heterocycles. The average molecular weight is 393 g/mol. The lowest BCUT2D eigenvalue weighted by molar-refractivity contribution is 0.0939. The minimum Gasteiger partial charge on any atom is -0.493 e. The SMILES string of the molecule is CCn1cc(C(C)NC(=O)c2cccc(COc3ccccc3OC)c2)c(C)n1. The minimum absolute atomic E-state index is 0.125. The Hall–Kier alpha value is -3.28. The number of aryl methyl sites for hydroxylation is 2. The van der Waals surface area contributed by atoms with Gasteiger partial charge in [0, 0.05) is 23.9 Å². The van der Waals surface area contributed by atoms with Gasteiger partial charge >= 0.3 is 0 Å². The number of amides is 1. The van der Waals surface area contributed by atoms with Crippen LogP contribution in [0.25, 0.3) is 0 Å². The van der Waals surface area contributed by atoms with E-state index < -0.39 is 0 Å². The number of rotatable bonds is 8. The van der Waals surface area contributed by atoms with E-state index in [-0.39, 0.29) is 11.9 Å². The lowest BCUT2D eigenvalue weighted by Gasteiger charge is -2.14. The normalized spacial score (nSPS) is 11.7. The standard InChI is InChI=1S/C23H27N3O3/c1-5-26-14-20(17(3)25-26)16(2)24-23(27)19-10-8-9-18(13-19)15-29-22-12-7-6-11-21(22)28-4/h6-14,16H,5,15H2,1-4H3,(H,24,27). The summed E-state index contributed by atoms with van der Waals surface area (Å²) < 4.78 is 13.0. The van der Waals surface area contributed by atoms with Gasteiger partial charge in [0.1, 0.15) is 6.61 Å². The maximum atomic E-state index is 12.7. The molecule has 2 aromatic carbocycles. The molecule has 0 aliphatic heterocycles. The van der Waals surface area contributed by atoms with Crippen molar-refractivity contribution in [2.24, 2.45) is 0 Å². The van der Waals surface area contributed by atoms with Crippen LogP contribution in [-0.2, 0) is 13.2 Å². The Labute approximate surface area is 171 Å². The molecule has 0 radical (unpaired) electrons. The number of ether oxygens (including phenoxy) is 2. The Bertz CT molecular complexity index is 981. The third-order valence-corrected chi connectivity index (χ3v) is 4.78. The first-order valence-corrected chi connectivity index (χ1v) is 9.71. The summed E-state index contributed by atoms with van der Waals surface area (Å²) in [6.45, 7) is 7.11. The molecule has 0 spiro atoms. The van der Waals surface area contributed by atoms with E-state index in [2.05, 4.69) is 10.4 Å². The molecule has 0 aliphatic rings. The van der Waals surface area contributed by atoms with E-state index in [1.807, 2.05) is 74.1 Å². The molecule has 3 aromatic rings. The van der Waals surface area contributed by atoms with Gasteiger partial charge in [0.25, 0.3) is 5.91 Å². The molecule has 29 heavy (non-hydrogen) atoms. The number of aromatic nitrogens is 2. The topological polar surface area (TPSA) is 65.4 Å². The van der Waals surface area contributed by atoms with Crippen LogP contribution in [0.15, 0.2) is 54.7 Å². The number of nitrogens with zero attached hydrogens (tertiary/aromatic N) is 2. The van der Waals surface area contributed by atoms with Crippen molar-refractivity contribution in [3.05, 3.63) is 77.1 Å². The Morgan fingerprint density at radius 2 is 1.93 bits per heavy atom. The summed E-state index contributed by atoms with van der Waals surface area (Å²) in [6, 6.07) is 14.8. The first-order chi connectivity index (χ1) is 14.0. The second-order valence-electron chi connectivity index (χ2n) is 6.86.